The van der Waals surface area contributed by atoms with Gasteiger partial charge in [-0.15, -0.1) is 0 Å². The molecule has 0 radical (unpaired) electrons. The standard InChI is InChI=1S/C16H14Cl2N2S/c1-2-14(10-6-4-3-5-7-10)20-15-9-12(18)11(17)8-13(15)19-16(20)21/h3-9,14H,2H2,1H3,(H,19,21). The molecule has 0 spiro atoms. The first-order valence-corrected chi connectivity index (χ1v) is 7.92. The van der Waals surface area contributed by atoms with Crippen LogP contribution < -0.4 is 0 Å². The number of aromatic amines is 1. The number of aromatic nitrogens is 2. The van der Waals surface area contributed by atoms with Crippen LogP contribution in [0.1, 0.15) is 24.9 Å². The summed E-state index contributed by atoms with van der Waals surface area (Å²) in [7, 11) is 0. The second-order valence-electron chi connectivity index (χ2n) is 4.92. The van der Waals surface area contributed by atoms with E-state index in [0.29, 0.717) is 14.8 Å². The van der Waals surface area contributed by atoms with Crippen molar-refractivity contribution in [1.29, 1.82) is 0 Å². The summed E-state index contributed by atoms with van der Waals surface area (Å²) < 4.78 is 2.79. The molecule has 1 heterocycles. The van der Waals surface area contributed by atoms with Gasteiger partial charge < -0.3 is 9.55 Å². The molecule has 0 aliphatic heterocycles. The molecular weight excluding hydrogens is 323 g/mol. The molecule has 0 saturated carbocycles. The highest BCUT2D eigenvalue weighted by molar-refractivity contribution is 7.71. The number of fused-ring (bicyclic) bond motifs is 1. The Morgan fingerprint density at radius 3 is 2.48 bits per heavy atom. The predicted octanol–water partition coefficient (Wildman–Crippen LogP) is 6.01. The number of rotatable bonds is 3. The van der Waals surface area contributed by atoms with Crippen LogP contribution in [0.5, 0.6) is 0 Å². The first kappa shape index (κ1) is 14.6. The van der Waals surface area contributed by atoms with Gasteiger partial charge in [-0.2, -0.15) is 0 Å². The van der Waals surface area contributed by atoms with E-state index in [1.54, 1.807) is 0 Å². The Morgan fingerprint density at radius 1 is 1.14 bits per heavy atom. The van der Waals surface area contributed by atoms with E-state index >= 15 is 0 Å². The number of H-pyrrole nitrogens is 1. The molecule has 0 aliphatic carbocycles. The van der Waals surface area contributed by atoms with Gasteiger partial charge in [0.2, 0.25) is 0 Å². The summed E-state index contributed by atoms with van der Waals surface area (Å²) in [5, 5.41) is 1.06. The zero-order valence-electron chi connectivity index (χ0n) is 11.4. The van der Waals surface area contributed by atoms with Crippen molar-refractivity contribution in [3.8, 4) is 0 Å². The first-order valence-electron chi connectivity index (χ1n) is 6.76. The summed E-state index contributed by atoms with van der Waals surface area (Å²) in [5.41, 5.74) is 3.11. The van der Waals surface area contributed by atoms with Gasteiger partial charge in [0.1, 0.15) is 0 Å². The number of hydrogen-bond acceptors (Lipinski definition) is 1. The van der Waals surface area contributed by atoms with Crippen LogP contribution >= 0.6 is 35.4 Å². The van der Waals surface area contributed by atoms with E-state index in [2.05, 4.69) is 28.6 Å². The highest BCUT2D eigenvalue weighted by atomic mass is 35.5. The van der Waals surface area contributed by atoms with Gasteiger partial charge in [-0.05, 0) is 36.3 Å². The molecule has 1 unspecified atom stereocenters. The summed E-state index contributed by atoms with van der Waals surface area (Å²) in [6.07, 6.45) is 0.936. The number of nitrogens with one attached hydrogen (secondary N) is 1. The van der Waals surface area contributed by atoms with Crippen LogP contribution in [0.3, 0.4) is 0 Å². The highest BCUT2D eigenvalue weighted by Crippen LogP contribution is 2.32. The second-order valence-corrected chi connectivity index (χ2v) is 6.12. The minimum atomic E-state index is 0.171. The molecule has 3 rings (SSSR count). The molecule has 1 N–H and O–H groups in total. The molecule has 0 saturated heterocycles. The first-order chi connectivity index (χ1) is 10.1. The summed E-state index contributed by atoms with van der Waals surface area (Å²) in [6, 6.07) is 14.2. The van der Waals surface area contributed by atoms with Crippen molar-refractivity contribution in [2.75, 3.05) is 0 Å². The molecule has 2 nitrogen and oxygen atoms in total. The van der Waals surface area contributed by atoms with Crippen molar-refractivity contribution in [1.82, 2.24) is 9.55 Å². The number of benzene rings is 2. The molecule has 1 atom stereocenters. The minimum absolute atomic E-state index is 0.171. The van der Waals surface area contributed by atoms with Crippen LogP contribution in [-0.2, 0) is 0 Å². The van der Waals surface area contributed by atoms with E-state index in [1.165, 1.54) is 5.56 Å². The molecule has 108 valence electrons. The quantitative estimate of drug-likeness (QED) is 0.581. The van der Waals surface area contributed by atoms with Gasteiger partial charge in [0.05, 0.1) is 27.1 Å². The van der Waals surface area contributed by atoms with E-state index in [-0.39, 0.29) is 6.04 Å². The summed E-state index contributed by atoms with van der Waals surface area (Å²) in [4.78, 5) is 3.21. The second kappa shape index (κ2) is 5.84. The van der Waals surface area contributed by atoms with Crippen molar-refractivity contribution < 1.29 is 0 Å². The predicted molar refractivity (Wildman–Crippen MR) is 92.0 cm³/mol. The minimum Gasteiger partial charge on any atom is -0.331 e. The van der Waals surface area contributed by atoms with Crippen LogP contribution in [0.15, 0.2) is 42.5 Å². The molecule has 0 bridgehead atoms. The summed E-state index contributed by atoms with van der Waals surface area (Å²) in [6.45, 7) is 2.15. The summed E-state index contributed by atoms with van der Waals surface area (Å²) >= 11 is 17.8. The Balaban J connectivity index is 2.26. The Bertz CT molecular complexity index is 837. The summed E-state index contributed by atoms with van der Waals surface area (Å²) in [5.74, 6) is 0. The molecule has 0 fully saturated rings. The maximum atomic E-state index is 6.17. The van der Waals surface area contributed by atoms with Crippen LogP contribution in [0, 0.1) is 4.77 Å². The van der Waals surface area contributed by atoms with Crippen molar-refractivity contribution in [3.63, 3.8) is 0 Å². The zero-order valence-corrected chi connectivity index (χ0v) is 13.8. The molecule has 0 amide bonds. The number of hydrogen-bond donors (Lipinski definition) is 1. The van der Waals surface area contributed by atoms with E-state index < -0.39 is 0 Å². The fourth-order valence-corrected chi connectivity index (χ4v) is 3.33. The molecule has 21 heavy (non-hydrogen) atoms. The largest absolute Gasteiger partial charge is 0.331 e. The monoisotopic (exact) mass is 336 g/mol. The normalized spacial score (nSPS) is 12.7. The lowest BCUT2D eigenvalue weighted by atomic mass is 10.0. The van der Waals surface area contributed by atoms with Gasteiger partial charge in [0.15, 0.2) is 4.77 Å². The third kappa shape index (κ3) is 2.61. The average Bonchev–Trinajstić information content (AvgIpc) is 2.78. The van der Waals surface area contributed by atoms with E-state index in [1.807, 2.05) is 30.3 Å². The van der Waals surface area contributed by atoms with Crippen molar-refractivity contribution >= 4 is 46.5 Å². The number of nitrogens with zero attached hydrogens (tertiary/aromatic N) is 1. The Kier molecular flexibility index (Phi) is 4.07. The Labute approximate surface area is 138 Å². The van der Waals surface area contributed by atoms with Gasteiger partial charge >= 0.3 is 0 Å². The smallest absolute Gasteiger partial charge is 0.178 e. The topological polar surface area (TPSA) is 20.7 Å². The molecule has 3 aromatic rings. The fourth-order valence-electron chi connectivity index (χ4n) is 2.67. The van der Waals surface area contributed by atoms with Gasteiger partial charge in [-0.1, -0.05) is 60.5 Å². The van der Waals surface area contributed by atoms with Gasteiger partial charge in [0.25, 0.3) is 0 Å². The van der Waals surface area contributed by atoms with Crippen LogP contribution in [0.2, 0.25) is 10.0 Å². The van der Waals surface area contributed by atoms with Gasteiger partial charge in [0, 0.05) is 0 Å². The van der Waals surface area contributed by atoms with Gasteiger partial charge in [-0.3, -0.25) is 0 Å². The Morgan fingerprint density at radius 2 is 1.81 bits per heavy atom. The molecule has 2 aromatic carbocycles. The third-order valence-corrected chi connectivity index (χ3v) is 4.66. The molecule has 5 heteroatoms. The maximum Gasteiger partial charge on any atom is 0.178 e. The van der Waals surface area contributed by atoms with Crippen LogP contribution in [0.4, 0.5) is 0 Å². The van der Waals surface area contributed by atoms with Crippen LogP contribution in [-0.4, -0.2) is 9.55 Å². The maximum absolute atomic E-state index is 6.17. The molecular formula is C16H14Cl2N2S. The van der Waals surface area contributed by atoms with Crippen molar-refractivity contribution in [2.45, 2.75) is 19.4 Å². The van der Waals surface area contributed by atoms with E-state index in [9.17, 15) is 0 Å². The lowest BCUT2D eigenvalue weighted by Crippen LogP contribution is -2.09. The number of halogens is 2. The fraction of sp³-hybridized carbons (Fsp3) is 0.188. The zero-order chi connectivity index (χ0) is 15.0. The lowest BCUT2D eigenvalue weighted by molar-refractivity contribution is 0.575. The number of imidazole rings is 1. The SMILES string of the molecule is CCC(c1ccccc1)n1c(=S)[nH]c2cc(Cl)c(Cl)cc21. The molecule has 1 aromatic heterocycles. The van der Waals surface area contributed by atoms with Crippen LogP contribution in [0.25, 0.3) is 11.0 Å². The molecule has 0 aliphatic rings. The van der Waals surface area contributed by atoms with Crippen molar-refractivity contribution in [2.24, 2.45) is 0 Å². The van der Waals surface area contributed by atoms with Gasteiger partial charge in [-0.25, -0.2) is 0 Å². The third-order valence-electron chi connectivity index (χ3n) is 3.64. The van der Waals surface area contributed by atoms with E-state index in [4.69, 9.17) is 35.4 Å². The highest BCUT2D eigenvalue weighted by Gasteiger charge is 2.17. The Hall–Kier alpha value is -1.29. The lowest BCUT2D eigenvalue weighted by Gasteiger charge is -2.18. The van der Waals surface area contributed by atoms with E-state index in [0.717, 1.165) is 17.5 Å². The average molecular weight is 337 g/mol. The van der Waals surface area contributed by atoms with Crippen molar-refractivity contribution in [3.05, 3.63) is 62.8 Å².